The third-order valence-electron chi connectivity index (χ3n) is 3.24. The van der Waals surface area contributed by atoms with Crippen LogP contribution in [0.4, 0.5) is 10.5 Å². The molecule has 5 heteroatoms. The van der Waals surface area contributed by atoms with Gasteiger partial charge >= 0.3 is 6.09 Å². The molecular weight excluding hydrogens is 274 g/mol. The first-order valence-electron chi connectivity index (χ1n) is 6.79. The van der Waals surface area contributed by atoms with E-state index in [2.05, 4.69) is 11.6 Å². The van der Waals surface area contributed by atoms with Crippen molar-refractivity contribution in [1.82, 2.24) is 0 Å². The summed E-state index contributed by atoms with van der Waals surface area (Å²) in [6, 6.07) is 5.70. The number of ether oxygens (including phenoxy) is 2. The zero-order valence-corrected chi connectivity index (χ0v) is 13.0. The van der Waals surface area contributed by atoms with E-state index >= 15 is 0 Å². The van der Waals surface area contributed by atoms with Crippen LogP contribution in [-0.2, 0) is 10.3 Å². The lowest BCUT2D eigenvalue weighted by atomic mass is 9.94. The molecule has 1 aromatic rings. The predicted molar refractivity (Wildman–Crippen MR) is 82.7 cm³/mol. The van der Waals surface area contributed by atoms with Crippen molar-refractivity contribution in [3.8, 4) is 5.75 Å². The highest BCUT2D eigenvalue weighted by Crippen LogP contribution is 2.37. The zero-order chi connectivity index (χ0) is 14.6. The second-order valence-electron chi connectivity index (χ2n) is 5.28. The van der Waals surface area contributed by atoms with Crippen molar-refractivity contribution in [1.29, 1.82) is 0 Å². The third-order valence-corrected chi connectivity index (χ3v) is 3.93. The number of benzene rings is 1. The molecule has 0 saturated heterocycles. The summed E-state index contributed by atoms with van der Waals surface area (Å²) in [5, 5.41) is 2.71. The number of unbranched alkanes of at least 4 members (excludes halogenated alkanes) is 1. The van der Waals surface area contributed by atoms with E-state index in [1.54, 1.807) is 0 Å². The van der Waals surface area contributed by atoms with Gasteiger partial charge in [-0.05, 0) is 56.9 Å². The van der Waals surface area contributed by atoms with Crippen LogP contribution in [0.1, 0.15) is 32.3 Å². The van der Waals surface area contributed by atoms with Gasteiger partial charge in [0.05, 0.1) is 12.3 Å². The van der Waals surface area contributed by atoms with E-state index in [1.807, 2.05) is 43.8 Å². The predicted octanol–water partition coefficient (Wildman–Crippen LogP) is 4.01. The molecule has 1 aliphatic rings. The monoisotopic (exact) mass is 295 g/mol. The molecule has 1 aliphatic heterocycles. The molecule has 0 aliphatic carbocycles. The highest BCUT2D eigenvalue weighted by molar-refractivity contribution is 7.98. The standard InChI is InChI=1S/C15H21NO3S/c1-15(2)12-10-11(18-8-4-5-9-20-3)6-7-13(12)16-14(17)19-15/h6-7,10H,4-5,8-9H2,1-3H3,(H,16,17). The van der Waals surface area contributed by atoms with Gasteiger partial charge in [0.15, 0.2) is 0 Å². The molecule has 110 valence electrons. The van der Waals surface area contributed by atoms with Crippen LogP contribution in [0.25, 0.3) is 0 Å². The number of fused-ring (bicyclic) bond motifs is 1. The molecule has 0 unspecified atom stereocenters. The number of hydrogen-bond acceptors (Lipinski definition) is 4. The molecule has 0 saturated carbocycles. The topological polar surface area (TPSA) is 47.6 Å². The molecule has 1 heterocycles. The van der Waals surface area contributed by atoms with E-state index in [9.17, 15) is 4.79 Å². The second-order valence-corrected chi connectivity index (χ2v) is 6.27. The summed E-state index contributed by atoms with van der Waals surface area (Å²) in [4.78, 5) is 11.4. The Morgan fingerprint density at radius 1 is 1.35 bits per heavy atom. The van der Waals surface area contributed by atoms with Gasteiger partial charge in [0.1, 0.15) is 11.4 Å². The third kappa shape index (κ3) is 3.60. The fourth-order valence-corrected chi connectivity index (χ4v) is 2.67. The largest absolute Gasteiger partial charge is 0.494 e. The van der Waals surface area contributed by atoms with Crippen LogP contribution in [-0.4, -0.2) is 24.7 Å². The van der Waals surface area contributed by atoms with Crippen LogP contribution < -0.4 is 10.1 Å². The van der Waals surface area contributed by atoms with Gasteiger partial charge < -0.3 is 9.47 Å². The molecule has 0 fully saturated rings. The van der Waals surface area contributed by atoms with Crippen molar-refractivity contribution in [2.24, 2.45) is 0 Å². The lowest BCUT2D eigenvalue weighted by Crippen LogP contribution is -2.34. The minimum Gasteiger partial charge on any atom is -0.494 e. The van der Waals surface area contributed by atoms with Crippen LogP contribution in [0.15, 0.2) is 18.2 Å². The molecule has 0 radical (unpaired) electrons. The van der Waals surface area contributed by atoms with E-state index in [0.29, 0.717) is 6.61 Å². The molecule has 20 heavy (non-hydrogen) atoms. The first-order valence-corrected chi connectivity index (χ1v) is 8.18. The summed E-state index contributed by atoms with van der Waals surface area (Å²) >= 11 is 1.85. The summed E-state index contributed by atoms with van der Waals surface area (Å²) in [5.41, 5.74) is 1.11. The Kier molecular flexibility index (Phi) is 4.81. The lowest BCUT2D eigenvalue weighted by Gasteiger charge is -2.32. The highest BCUT2D eigenvalue weighted by atomic mass is 32.2. The first-order chi connectivity index (χ1) is 9.53. The normalized spacial score (nSPS) is 16.1. The van der Waals surface area contributed by atoms with Gasteiger partial charge in [-0.25, -0.2) is 4.79 Å². The molecule has 1 aromatic carbocycles. The SMILES string of the molecule is CSCCCCOc1ccc2c(c1)C(C)(C)OC(=O)N2. The van der Waals surface area contributed by atoms with Gasteiger partial charge in [-0.1, -0.05) is 0 Å². The molecule has 4 nitrogen and oxygen atoms in total. The van der Waals surface area contributed by atoms with E-state index in [1.165, 1.54) is 5.75 Å². The van der Waals surface area contributed by atoms with Gasteiger partial charge in [0, 0.05) is 5.56 Å². The Hall–Kier alpha value is -1.36. The summed E-state index contributed by atoms with van der Waals surface area (Å²) in [7, 11) is 0. The number of amides is 1. The number of hydrogen-bond donors (Lipinski definition) is 1. The van der Waals surface area contributed by atoms with Gasteiger partial charge in [0.25, 0.3) is 0 Å². The summed E-state index contributed by atoms with van der Waals surface area (Å²) in [5.74, 6) is 1.99. The molecule has 0 atom stereocenters. The smallest absolute Gasteiger partial charge is 0.412 e. The van der Waals surface area contributed by atoms with Gasteiger partial charge in [-0.2, -0.15) is 11.8 Å². The average molecular weight is 295 g/mol. The van der Waals surface area contributed by atoms with Crippen molar-refractivity contribution in [3.05, 3.63) is 23.8 Å². The lowest BCUT2D eigenvalue weighted by molar-refractivity contribution is 0.0418. The fourth-order valence-electron chi connectivity index (χ4n) is 2.18. The van der Waals surface area contributed by atoms with Crippen LogP contribution in [0.5, 0.6) is 5.75 Å². The maximum Gasteiger partial charge on any atom is 0.412 e. The van der Waals surface area contributed by atoms with Crippen LogP contribution in [0.2, 0.25) is 0 Å². The Labute approximate surface area is 124 Å². The summed E-state index contributed by atoms with van der Waals surface area (Å²) in [6.45, 7) is 4.48. The van der Waals surface area contributed by atoms with E-state index < -0.39 is 11.7 Å². The molecule has 0 bridgehead atoms. The Morgan fingerprint density at radius 2 is 2.15 bits per heavy atom. The number of carbonyl (C=O) groups excluding carboxylic acids is 1. The van der Waals surface area contributed by atoms with Gasteiger partial charge in [0.2, 0.25) is 0 Å². The average Bonchev–Trinajstić information content (AvgIpc) is 2.38. The number of rotatable bonds is 6. The van der Waals surface area contributed by atoms with E-state index in [-0.39, 0.29) is 0 Å². The van der Waals surface area contributed by atoms with E-state index in [0.717, 1.165) is 29.8 Å². The second kappa shape index (κ2) is 6.39. The number of anilines is 1. The van der Waals surface area contributed by atoms with Gasteiger partial charge in [-0.15, -0.1) is 0 Å². The van der Waals surface area contributed by atoms with Crippen molar-refractivity contribution in [3.63, 3.8) is 0 Å². The highest BCUT2D eigenvalue weighted by Gasteiger charge is 2.33. The van der Waals surface area contributed by atoms with Crippen LogP contribution >= 0.6 is 11.8 Å². The fraction of sp³-hybridized carbons (Fsp3) is 0.533. The van der Waals surface area contributed by atoms with Gasteiger partial charge in [-0.3, -0.25) is 5.32 Å². The molecule has 2 rings (SSSR count). The first kappa shape index (κ1) is 15.0. The Balaban J connectivity index is 2.02. The molecule has 0 spiro atoms. The minimum absolute atomic E-state index is 0.409. The van der Waals surface area contributed by atoms with E-state index in [4.69, 9.17) is 9.47 Å². The van der Waals surface area contributed by atoms with Crippen LogP contribution in [0.3, 0.4) is 0 Å². The summed E-state index contributed by atoms with van der Waals surface area (Å²) < 4.78 is 11.1. The summed E-state index contributed by atoms with van der Waals surface area (Å²) in [6.07, 6.45) is 3.92. The minimum atomic E-state index is -0.629. The quantitative estimate of drug-likeness (QED) is 0.806. The maximum absolute atomic E-state index is 11.4. The molecule has 0 aromatic heterocycles. The number of thioether (sulfide) groups is 1. The van der Waals surface area contributed by atoms with Crippen molar-refractivity contribution < 1.29 is 14.3 Å². The van der Waals surface area contributed by atoms with Crippen molar-refractivity contribution in [2.45, 2.75) is 32.3 Å². The Morgan fingerprint density at radius 3 is 2.90 bits per heavy atom. The number of carbonyl (C=O) groups is 1. The number of nitrogens with one attached hydrogen (secondary N) is 1. The van der Waals surface area contributed by atoms with Crippen molar-refractivity contribution in [2.75, 3.05) is 23.9 Å². The number of cyclic esters (lactones) is 1. The van der Waals surface area contributed by atoms with Crippen molar-refractivity contribution >= 4 is 23.5 Å². The van der Waals surface area contributed by atoms with Crippen LogP contribution in [0, 0.1) is 0 Å². The molecular formula is C15H21NO3S. The molecule has 1 N–H and O–H groups in total. The zero-order valence-electron chi connectivity index (χ0n) is 12.2. The molecule has 1 amide bonds. The maximum atomic E-state index is 11.4. The Bertz CT molecular complexity index is 488.